The monoisotopic (exact) mass is 262 g/mol. The Morgan fingerprint density at radius 2 is 2.11 bits per heavy atom. The molecule has 2 aromatic rings. The topological polar surface area (TPSA) is 106 Å². The highest BCUT2D eigenvalue weighted by Crippen LogP contribution is 2.06. The van der Waals surface area contributed by atoms with E-state index in [1.165, 1.54) is 6.20 Å². The molecule has 8 heteroatoms. The molecule has 98 valence electrons. The number of aromatic nitrogens is 2. The normalized spacial score (nSPS) is 13.3. The van der Waals surface area contributed by atoms with E-state index in [2.05, 4.69) is 14.7 Å². The first kappa shape index (κ1) is 12.9. The highest BCUT2D eigenvalue weighted by Gasteiger charge is 2.18. The molecule has 1 heterocycles. The number of carbonyl (C=O) groups excluding carboxylic acids is 1. The van der Waals surface area contributed by atoms with Gasteiger partial charge in [-0.25, -0.2) is 4.98 Å². The Hall–Kier alpha value is -2.58. The van der Waals surface area contributed by atoms with Gasteiger partial charge < -0.3 is 15.2 Å². The number of amides is 1. The number of carbonyl (C=O) groups is 1. The molecular weight excluding hydrogens is 252 g/mol. The molecule has 0 aliphatic heterocycles. The van der Waals surface area contributed by atoms with Crippen molar-refractivity contribution in [3.63, 3.8) is 0 Å². The van der Waals surface area contributed by atoms with Crippen LogP contribution in [0.25, 0.3) is 11.0 Å². The van der Waals surface area contributed by atoms with Gasteiger partial charge in [0.2, 0.25) is 0 Å². The van der Waals surface area contributed by atoms with Crippen LogP contribution in [0.5, 0.6) is 0 Å². The number of methoxy groups -OCH3 is 1. The number of benzene rings is 1. The molecule has 0 bridgehead atoms. The minimum absolute atomic E-state index is 0.134. The number of rotatable bonds is 2. The van der Waals surface area contributed by atoms with Crippen LogP contribution >= 0.6 is 0 Å². The second-order valence-electron chi connectivity index (χ2n) is 3.54. The lowest BCUT2D eigenvalue weighted by atomic mass is 10.3. The molecule has 0 radical (unpaired) electrons. The third kappa shape index (κ3) is 2.81. The summed E-state index contributed by atoms with van der Waals surface area (Å²) < 4.78 is 4.15. The van der Waals surface area contributed by atoms with E-state index in [0.717, 1.165) is 13.3 Å². The maximum Gasteiger partial charge on any atom is 0.574 e. The van der Waals surface area contributed by atoms with Gasteiger partial charge in [-0.3, -0.25) is 4.98 Å². The zero-order valence-electron chi connectivity index (χ0n) is 9.94. The molecule has 19 heavy (non-hydrogen) atoms. The Morgan fingerprint density at radius 1 is 1.42 bits per heavy atom. The third-order valence-electron chi connectivity index (χ3n) is 2.28. The smallest absolute Gasteiger partial charge is 0.570 e. The van der Waals surface area contributed by atoms with E-state index in [1.54, 1.807) is 24.3 Å². The lowest BCUT2D eigenvalue weighted by molar-refractivity contribution is -1.24. The number of hydroxylamine groups is 1. The summed E-state index contributed by atoms with van der Waals surface area (Å²) in [7, 11) is 1.02. The fraction of sp³-hybridized carbons (Fsp3) is 0.0909. The first-order valence-corrected chi connectivity index (χ1v) is 5.27. The van der Waals surface area contributed by atoms with Gasteiger partial charge >= 0.3 is 6.09 Å². The molecule has 1 amide bonds. The van der Waals surface area contributed by atoms with Crippen LogP contribution in [-0.2, 0) is 4.74 Å². The van der Waals surface area contributed by atoms with Gasteiger partial charge in [-0.2, -0.15) is 4.79 Å². The molecule has 1 aromatic heterocycles. The molecular formula is C11H10N4O4. The molecule has 1 atom stereocenters. The van der Waals surface area contributed by atoms with E-state index in [1.807, 2.05) is 0 Å². The second-order valence-corrected chi connectivity index (χ2v) is 3.54. The molecule has 1 aromatic carbocycles. The Kier molecular flexibility index (Phi) is 3.64. The highest BCUT2D eigenvalue weighted by atomic mass is 16.7. The predicted octanol–water partition coefficient (Wildman–Crippen LogP) is -0.377. The molecule has 0 fully saturated rings. The Bertz CT molecular complexity index is 643. The maximum absolute atomic E-state index is 11.4. The number of nitrogens with zero attached hydrogens (tertiary/aromatic N) is 3. The van der Waals surface area contributed by atoms with E-state index in [0.29, 0.717) is 11.0 Å². The number of quaternary nitrogens is 1. The summed E-state index contributed by atoms with van der Waals surface area (Å²) in [5.41, 5.74) is 1.41. The van der Waals surface area contributed by atoms with Crippen LogP contribution in [0.1, 0.15) is 5.69 Å². The quantitative estimate of drug-likeness (QED) is 0.342. The predicted molar refractivity (Wildman–Crippen MR) is 65.1 cm³/mol. The molecule has 0 aliphatic carbocycles. The summed E-state index contributed by atoms with van der Waals surface area (Å²) >= 11 is 0. The lowest BCUT2D eigenvalue weighted by Gasteiger charge is -2.13. The van der Waals surface area contributed by atoms with Gasteiger partial charge in [0.05, 0.1) is 24.3 Å². The van der Waals surface area contributed by atoms with Gasteiger partial charge in [0.25, 0.3) is 6.21 Å². The van der Waals surface area contributed by atoms with Gasteiger partial charge in [0.15, 0.2) is 5.69 Å². The van der Waals surface area contributed by atoms with E-state index in [4.69, 9.17) is 0 Å². The van der Waals surface area contributed by atoms with Crippen LogP contribution in [0.4, 0.5) is 4.79 Å². The zero-order valence-corrected chi connectivity index (χ0v) is 9.94. The van der Waals surface area contributed by atoms with Crippen LogP contribution < -0.4 is 5.17 Å². The minimum atomic E-state index is -1.32. The fourth-order valence-corrected chi connectivity index (χ4v) is 1.39. The zero-order chi connectivity index (χ0) is 13.8. The SMILES string of the molecule is COC(=O)[NH+]([O-])[N+]([O-])=Cc1cnc2ccccc2n1. The van der Waals surface area contributed by atoms with Crippen molar-refractivity contribution in [1.29, 1.82) is 0 Å². The lowest BCUT2D eigenvalue weighted by Crippen LogP contribution is -3.13. The molecule has 0 aliphatic rings. The first-order chi connectivity index (χ1) is 9.11. The Morgan fingerprint density at radius 3 is 2.79 bits per heavy atom. The largest absolute Gasteiger partial charge is 0.574 e. The summed E-state index contributed by atoms with van der Waals surface area (Å²) in [6.07, 6.45) is 0.969. The van der Waals surface area contributed by atoms with Crippen molar-refractivity contribution in [2.45, 2.75) is 0 Å². The number of fused-ring (bicyclic) bond motifs is 1. The van der Waals surface area contributed by atoms with Crippen molar-refractivity contribution in [2.24, 2.45) is 0 Å². The molecule has 1 unspecified atom stereocenters. The molecule has 0 saturated heterocycles. The van der Waals surface area contributed by atoms with Gasteiger partial charge in [-0.15, -0.1) is 0 Å². The van der Waals surface area contributed by atoms with Gasteiger partial charge in [0.1, 0.15) is 0 Å². The third-order valence-corrected chi connectivity index (χ3v) is 2.28. The Balaban J connectivity index is 2.32. The summed E-state index contributed by atoms with van der Waals surface area (Å²) in [6.45, 7) is 0. The summed E-state index contributed by atoms with van der Waals surface area (Å²) in [6, 6.07) is 7.06. The molecule has 0 saturated carbocycles. The molecule has 2 rings (SSSR count). The minimum Gasteiger partial charge on any atom is -0.570 e. The number of hydrogen-bond acceptors (Lipinski definition) is 6. The Labute approximate surface area is 107 Å². The van der Waals surface area contributed by atoms with E-state index in [9.17, 15) is 15.2 Å². The molecule has 8 nitrogen and oxygen atoms in total. The van der Waals surface area contributed by atoms with Crippen molar-refractivity contribution in [1.82, 2.24) is 9.97 Å². The van der Waals surface area contributed by atoms with Crippen LogP contribution in [0.2, 0.25) is 0 Å². The van der Waals surface area contributed by atoms with E-state index in [-0.39, 0.29) is 10.5 Å². The summed E-state index contributed by atoms with van der Waals surface area (Å²) in [5.74, 6) is 0. The van der Waals surface area contributed by atoms with Crippen LogP contribution in [0, 0.1) is 10.4 Å². The first-order valence-electron chi connectivity index (χ1n) is 5.27. The van der Waals surface area contributed by atoms with Crippen LogP contribution in [0.3, 0.4) is 0 Å². The molecule has 1 N–H and O–H groups in total. The van der Waals surface area contributed by atoms with Crippen LogP contribution in [-0.4, -0.2) is 34.2 Å². The average Bonchev–Trinajstić information content (AvgIpc) is 2.45. The van der Waals surface area contributed by atoms with Crippen LogP contribution in [0.15, 0.2) is 30.5 Å². The standard InChI is InChI=1S/C11H10N4O4/c1-19-11(16)15(18)14(17)7-8-6-12-9-4-2-3-5-10(9)13-8/h2-7,15H,1H3. The number of nitrogens with one attached hydrogen (secondary N) is 1. The van der Waals surface area contributed by atoms with Crippen molar-refractivity contribution in [3.8, 4) is 0 Å². The average molecular weight is 262 g/mol. The van der Waals surface area contributed by atoms with Gasteiger partial charge in [-0.1, -0.05) is 12.1 Å². The molecule has 0 spiro atoms. The van der Waals surface area contributed by atoms with E-state index >= 15 is 0 Å². The second kappa shape index (κ2) is 5.38. The van der Waals surface area contributed by atoms with Crippen molar-refractivity contribution < 1.29 is 19.6 Å². The fourth-order valence-electron chi connectivity index (χ4n) is 1.39. The number of ether oxygens (including phenoxy) is 1. The highest BCUT2D eigenvalue weighted by molar-refractivity contribution is 5.79. The van der Waals surface area contributed by atoms with E-state index < -0.39 is 11.3 Å². The van der Waals surface area contributed by atoms with Crippen molar-refractivity contribution in [2.75, 3.05) is 7.11 Å². The summed E-state index contributed by atoms with van der Waals surface area (Å²) in [5, 5.41) is 21.3. The maximum atomic E-state index is 11.4. The van der Waals surface area contributed by atoms with Gasteiger partial charge in [0, 0.05) is 0 Å². The van der Waals surface area contributed by atoms with Crippen molar-refractivity contribution >= 4 is 23.3 Å². The van der Waals surface area contributed by atoms with Gasteiger partial charge in [-0.05, 0) is 22.2 Å². The number of hydrogen-bond donors (Lipinski definition) is 1. The summed E-state index contributed by atoms with van der Waals surface area (Å²) in [4.78, 5) is 18.9. The van der Waals surface area contributed by atoms with Crippen molar-refractivity contribution in [3.05, 3.63) is 46.6 Å². The number of para-hydroxylation sites is 2.